The van der Waals surface area contributed by atoms with Crippen LogP contribution in [0.2, 0.25) is 0 Å². The van der Waals surface area contributed by atoms with Gasteiger partial charge in [-0.15, -0.1) is 11.3 Å². The second kappa shape index (κ2) is 7.37. The largest absolute Gasteiger partial charge is 0.478 e. The minimum atomic E-state index is -1.04. The molecule has 0 fully saturated rings. The number of amides is 1. The number of thiazole rings is 1. The third-order valence-corrected chi connectivity index (χ3v) is 4.51. The lowest BCUT2D eigenvalue weighted by Gasteiger charge is -2.06. The summed E-state index contributed by atoms with van der Waals surface area (Å²) in [7, 11) is 0. The highest BCUT2D eigenvalue weighted by atomic mass is 32.1. The van der Waals surface area contributed by atoms with Crippen LogP contribution in [0.15, 0.2) is 23.6 Å². The fourth-order valence-electron chi connectivity index (χ4n) is 2.15. The van der Waals surface area contributed by atoms with Crippen molar-refractivity contribution in [2.24, 2.45) is 0 Å². The lowest BCUT2D eigenvalue weighted by molar-refractivity contribution is 0.0696. The lowest BCUT2D eigenvalue weighted by Crippen LogP contribution is -2.26. The first-order chi connectivity index (χ1) is 10.9. The fraction of sp³-hybridized carbons (Fsp3) is 0.353. The molecule has 0 saturated carbocycles. The van der Waals surface area contributed by atoms with E-state index in [4.69, 9.17) is 5.11 Å². The van der Waals surface area contributed by atoms with Crippen LogP contribution in [0.5, 0.6) is 0 Å². The Morgan fingerprint density at radius 1 is 1.26 bits per heavy atom. The maximum atomic E-state index is 12.2. The van der Waals surface area contributed by atoms with Crippen LogP contribution >= 0.6 is 11.3 Å². The van der Waals surface area contributed by atoms with Gasteiger partial charge >= 0.3 is 5.97 Å². The molecule has 5 nitrogen and oxygen atoms in total. The van der Waals surface area contributed by atoms with E-state index in [1.807, 2.05) is 5.38 Å². The number of aryl methyl sites for hydroxylation is 1. The molecule has 0 radical (unpaired) electrons. The van der Waals surface area contributed by atoms with Crippen molar-refractivity contribution in [2.75, 3.05) is 6.54 Å². The Bertz CT molecular complexity index is 722. The first-order valence-electron chi connectivity index (χ1n) is 7.44. The van der Waals surface area contributed by atoms with Gasteiger partial charge in [0.05, 0.1) is 16.3 Å². The number of carboxylic acids is 1. The molecular weight excluding hydrogens is 312 g/mol. The van der Waals surface area contributed by atoms with Crippen LogP contribution in [-0.2, 0) is 6.42 Å². The van der Waals surface area contributed by atoms with E-state index in [0.29, 0.717) is 24.4 Å². The molecule has 2 aromatic rings. The van der Waals surface area contributed by atoms with Gasteiger partial charge in [0.15, 0.2) is 0 Å². The van der Waals surface area contributed by atoms with E-state index in [-0.39, 0.29) is 11.5 Å². The average molecular weight is 332 g/mol. The molecule has 0 bridgehead atoms. The standard InChI is InChI=1S/C17H20N2O3S/c1-10(2)16-19-14(9-23-16)4-5-18-15(20)12-6-11(3)7-13(8-12)17(21)22/h6-10H,4-5H2,1-3H3,(H,18,20)(H,21,22). The van der Waals surface area contributed by atoms with Crippen LogP contribution in [-0.4, -0.2) is 28.5 Å². The molecule has 0 aliphatic carbocycles. The lowest BCUT2D eigenvalue weighted by atomic mass is 10.1. The molecule has 122 valence electrons. The van der Waals surface area contributed by atoms with Crippen molar-refractivity contribution < 1.29 is 14.7 Å². The topological polar surface area (TPSA) is 79.3 Å². The van der Waals surface area contributed by atoms with E-state index < -0.39 is 5.97 Å². The summed E-state index contributed by atoms with van der Waals surface area (Å²) in [4.78, 5) is 27.7. The summed E-state index contributed by atoms with van der Waals surface area (Å²) in [6, 6.07) is 4.62. The van der Waals surface area contributed by atoms with E-state index in [2.05, 4.69) is 24.1 Å². The van der Waals surface area contributed by atoms with E-state index in [0.717, 1.165) is 16.3 Å². The zero-order valence-corrected chi connectivity index (χ0v) is 14.2. The molecule has 23 heavy (non-hydrogen) atoms. The molecule has 0 unspecified atom stereocenters. The Morgan fingerprint density at radius 3 is 2.57 bits per heavy atom. The number of nitrogens with one attached hydrogen (secondary N) is 1. The molecule has 2 rings (SSSR count). The Hall–Kier alpha value is -2.21. The zero-order chi connectivity index (χ0) is 17.0. The first-order valence-corrected chi connectivity index (χ1v) is 8.32. The molecule has 1 aromatic carbocycles. The summed E-state index contributed by atoms with van der Waals surface area (Å²) in [5, 5.41) is 15.0. The number of aromatic nitrogens is 1. The Balaban J connectivity index is 1.95. The number of hydrogen-bond donors (Lipinski definition) is 2. The predicted octanol–water partition coefficient (Wildman–Crippen LogP) is 3.25. The molecule has 1 amide bonds. The van der Waals surface area contributed by atoms with Gasteiger partial charge < -0.3 is 10.4 Å². The van der Waals surface area contributed by atoms with Gasteiger partial charge in [0.2, 0.25) is 0 Å². The van der Waals surface area contributed by atoms with E-state index in [9.17, 15) is 9.59 Å². The molecule has 1 aromatic heterocycles. The van der Waals surface area contributed by atoms with Crippen LogP contribution in [0.3, 0.4) is 0 Å². The summed E-state index contributed by atoms with van der Waals surface area (Å²) < 4.78 is 0. The minimum Gasteiger partial charge on any atom is -0.478 e. The third-order valence-electron chi connectivity index (χ3n) is 3.32. The van der Waals surface area contributed by atoms with Crippen LogP contribution < -0.4 is 5.32 Å². The van der Waals surface area contributed by atoms with Crippen LogP contribution in [0, 0.1) is 6.92 Å². The smallest absolute Gasteiger partial charge is 0.335 e. The fourth-order valence-corrected chi connectivity index (χ4v) is 3.02. The van der Waals surface area contributed by atoms with Crippen molar-refractivity contribution in [1.29, 1.82) is 0 Å². The van der Waals surface area contributed by atoms with Gasteiger partial charge in [-0.1, -0.05) is 13.8 Å². The maximum absolute atomic E-state index is 12.2. The summed E-state index contributed by atoms with van der Waals surface area (Å²) in [5.74, 6) is -0.896. The molecule has 0 saturated heterocycles. The van der Waals surface area contributed by atoms with Crippen molar-refractivity contribution in [3.63, 3.8) is 0 Å². The highest BCUT2D eigenvalue weighted by Gasteiger charge is 2.11. The average Bonchev–Trinajstić information content (AvgIpc) is 2.95. The van der Waals surface area contributed by atoms with E-state index in [1.54, 1.807) is 30.4 Å². The number of rotatable bonds is 6. The van der Waals surface area contributed by atoms with Gasteiger partial charge in [0.1, 0.15) is 0 Å². The number of carboxylic acid groups (broad SMARTS) is 1. The summed E-state index contributed by atoms with van der Waals surface area (Å²) in [6.45, 7) is 6.44. The second-order valence-corrected chi connectivity index (χ2v) is 6.62. The number of carbonyl (C=O) groups is 2. The van der Waals surface area contributed by atoms with Gasteiger partial charge in [-0.2, -0.15) is 0 Å². The van der Waals surface area contributed by atoms with Gasteiger partial charge in [-0.25, -0.2) is 9.78 Å². The monoisotopic (exact) mass is 332 g/mol. The highest BCUT2D eigenvalue weighted by molar-refractivity contribution is 7.09. The Labute approximate surface area is 139 Å². The number of hydrogen-bond acceptors (Lipinski definition) is 4. The van der Waals surface area contributed by atoms with Crippen LogP contribution in [0.25, 0.3) is 0 Å². The quantitative estimate of drug-likeness (QED) is 0.851. The minimum absolute atomic E-state index is 0.122. The third kappa shape index (κ3) is 4.63. The van der Waals surface area contributed by atoms with Gasteiger partial charge in [-0.05, 0) is 30.7 Å². The molecular formula is C17H20N2O3S. The Morgan fingerprint density at radius 2 is 1.96 bits per heavy atom. The van der Waals surface area contributed by atoms with Gasteiger partial charge in [0, 0.05) is 29.8 Å². The Kier molecular flexibility index (Phi) is 5.50. The molecule has 0 spiro atoms. The molecule has 2 N–H and O–H groups in total. The molecule has 0 aliphatic heterocycles. The normalized spacial score (nSPS) is 10.8. The molecule has 0 aliphatic rings. The van der Waals surface area contributed by atoms with E-state index >= 15 is 0 Å². The van der Waals surface area contributed by atoms with Crippen LogP contribution in [0.1, 0.15) is 56.7 Å². The SMILES string of the molecule is Cc1cc(C(=O)O)cc(C(=O)NCCc2csc(C(C)C)n2)c1. The molecule has 1 heterocycles. The van der Waals surface area contributed by atoms with Crippen molar-refractivity contribution in [1.82, 2.24) is 10.3 Å². The summed E-state index contributed by atoms with van der Waals surface area (Å²) in [5.41, 5.74) is 2.20. The summed E-state index contributed by atoms with van der Waals surface area (Å²) >= 11 is 1.63. The van der Waals surface area contributed by atoms with Crippen molar-refractivity contribution in [3.05, 3.63) is 51.0 Å². The zero-order valence-electron chi connectivity index (χ0n) is 13.4. The first kappa shape index (κ1) is 17.1. The maximum Gasteiger partial charge on any atom is 0.335 e. The number of nitrogens with zero attached hydrogens (tertiary/aromatic N) is 1. The molecule has 0 atom stereocenters. The summed E-state index contributed by atoms with van der Waals surface area (Å²) in [6.07, 6.45) is 0.659. The van der Waals surface area contributed by atoms with Crippen molar-refractivity contribution in [2.45, 2.75) is 33.1 Å². The van der Waals surface area contributed by atoms with Gasteiger partial charge in [0.25, 0.3) is 5.91 Å². The molecule has 6 heteroatoms. The second-order valence-electron chi connectivity index (χ2n) is 5.73. The predicted molar refractivity (Wildman–Crippen MR) is 90.4 cm³/mol. The number of carbonyl (C=O) groups excluding carboxylic acids is 1. The van der Waals surface area contributed by atoms with Crippen LogP contribution in [0.4, 0.5) is 0 Å². The van der Waals surface area contributed by atoms with Crippen molar-refractivity contribution >= 4 is 23.2 Å². The van der Waals surface area contributed by atoms with Gasteiger partial charge in [-0.3, -0.25) is 4.79 Å². The number of aromatic carboxylic acids is 1. The number of benzene rings is 1. The van der Waals surface area contributed by atoms with Crippen molar-refractivity contribution in [3.8, 4) is 0 Å². The van der Waals surface area contributed by atoms with E-state index in [1.165, 1.54) is 6.07 Å². The highest BCUT2D eigenvalue weighted by Crippen LogP contribution is 2.19.